The van der Waals surface area contributed by atoms with E-state index in [1.54, 1.807) is 29.2 Å². The molecule has 1 aliphatic heterocycles. The third-order valence-electron chi connectivity index (χ3n) is 4.75. The number of rotatable bonds is 5. The van der Waals surface area contributed by atoms with Gasteiger partial charge in [-0.15, -0.1) is 0 Å². The molecule has 0 bridgehead atoms. The maximum Gasteiger partial charge on any atom is 0.269 e. The van der Waals surface area contributed by atoms with E-state index in [4.69, 9.17) is 0 Å². The lowest BCUT2D eigenvalue weighted by atomic mass is 10.0. The van der Waals surface area contributed by atoms with Gasteiger partial charge in [-0.25, -0.2) is 0 Å². The van der Waals surface area contributed by atoms with Gasteiger partial charge in [0, 0.05) is 42.4 Å². The highest BCUT2D eigenvalue weighted by molar-refractivity contribution is 5.95. The molecule has 0 radical (unpaired) electrons. The normalized spacial score (nSPS) is 16.6. The molecule has 7 heteroatoms. The van der Waals surface area contributed by atoms with Gasteiger partial charge in [-0.2, -0.15) is 0 Å². The molecular formula is C20H21N3O4. The summed E-state index contributed by atoms with van der Waals surface area (Å²) in [7, 11) is 0. The Kier molecular flexibility index (Phi) is 5.80. The quantitative estimate of drug-likeness (QED) is 0.649. The van der Waals surface area contributed by atoms with Crippen molar-refractivity contribution in [2.24, 2.45) is 0 Å². The van der Waals surface area contributed by atoms with E-state index < -0.39 is 4.92 Å². The Balaban J connectivity index is 1.66. The summed E-state index contributed by atoms with van der Waals surface area (Å²) in [5.74, 6) is -0.326. The summed E-state index contributed by atoms with van der Waals surface area (Å²) in [6.45, 7) is 0.994. The number of likely N-dealkylation sites (tertiary alicyclic amines) is 1. The number of benzene rings is 2. The van der Waals surface area contributed by atoms with E-state index >= 15 is 0 Å². The summed E-state index contributed by atoms with van der Waals surface area (Å²) in [4.78, 5) is 37.1. The maximum atomic E-state index is 12.8. The Hall–Kier alpha value is -3.22. The minimum absolute atomic E-state index is 0.0446. The van der Waals surface area contributed by atoms with Gasteiger partial charge in [0.25, 0.3) is 17.5 Å². The molecule has 1 heterocycles. The van der Waals surface area contributed by atoms with Crippen LogP contribution in [0.25, 0.3) is 0 Å². The molecule has 1 fully saturated rings. The van der Waals surface area contributed by atoms with Crippen LogP contribution in [-0.4, -0.2) is 40.8 Å². The summed E-state index contributed by atoms with van der Waals surface area (Å²) in [5.41, 5.74) is 0.959. The monoisotopic (exact) mass is 367 g/mol. The lowest BCUT2D eigenvalue weighted by molar-refractivity contribution is -0.384. The van der Waals surface area contributed by atoms with Crippen LogP contribution in [0.3, 0.4) is 0 Å². The molecule has 7 nitrogen and oxygen atoms in total. The number of non-ortho nitro benzene ring substituents is 1. The first-order chi connectivity index (χ1) is 13.1. The van der Waals surface area contributed by atoms with Crippen molar-refractivity contribution in [3.05, 3.63) is 75.8 Å². The maximum absolute atomic E-state index is 12.8. The molecule has 2 amide bonds. The number of hydrogen-bond donors (Lipinski definition) is 1. The van der Waals surface area contributed by atoms with Gasteiger partial charge in [0.2, 0.25) is 0 Å². The first-order valence-electron chi connectivity index (χ1n) is 8.95. The molecule has 3 rings (SSSR count). The molecule has 2 aromatic rings. The molecule has 0 unspecified atom stereocenters. The Bertz CT molecular complexity index is 821. The smallest absolute Gasteiger partial charge is 0.269 e. The van der Waals surface area contributed by atoms with Gasteiger partial charge < -0.3 is 10.2 Å². The van der Waals surface area contributed by atoms with E-state index in [1.807, 2.05) is 6.07 Å². The molecule has 0 saturated carbocycles. The van der Waals surface area contributed by atoms with Crippen LogP contribution in [0, 0.1) is 10.1 Å². The van der Waals surface area contributed by atoms with Crippen molar-refractivity contribution in [3.63, 3.8) is 0 Å². The van der Waals surface area contributed by atoms with Crippen molar-refractivity contribution >= 4 is 17.5 Å². The molecular weight excluding hydrogens is 346 g/mol. The zero-order valence-electron chi connectivity index (χ0n) is 14.8. The topological polar surface area (TPSA) is 92.6 Å². The number of amides is 2. The molecule has 0 spiro atoms. The Morgan fingerprint density at radius 1 is 1.04 bits per heavy atom. The van der Waals surface area contributed by atoms with Gasteiger partial charge in [0.05, 0.1) is 4.92 Å². The number of carbonyl (C=O) groups excluding carboxylic acids is 2. The molecule has 1 atom stereocenters. The molecule has 27 heavy (non-hydrogen) atoms. The summed E-state index contributed by atoms with van der Waals surface area (Å²) in [6, 6.07) is 14.5. The lowest BCUT2D eigenvalue weighted by Gasteiger charge is -2.36. The van der Waals surface area contributed by atoms with Crippen LogP contribution in [0.1, 0.15) is 40.0 Å². The van der Waals surface area contributed by atoms with E-state index in [1.165, 1.54) is 24.3 Å². The second-order valence-electron chi connectivity index (χ2n) is 6.53. The van der Waals surface area contributed by atoms with Crippen LogP contribution in [0.5, 0.6) is 0 Å². The fourth-order valence-electron chi connectivity index (χ4n) is 3.27. The van der Waals surface area contributed by atoms with Gasteiger partial charge in [-0.1, -0.05) is 18.2 Å². The highest BCUT2D eigenvalue weighted by Crippen LogP contribution is 2.21. The molecule has 0 aliphatic carbocycles. The van der Waals surface area contributed by atoms with Crippen molar-refractivity contribution in [3.8, 4) is 0 Å². The Morgan fingerprint density at radius 3 is 2.41 bits per heavy atom. The fraction of sp³-hybridized carbons (Fsp3) is 0.300. The zero-order chi connectivity index (χ0) is 19.2. The Labute approximate surface area is 157 Å². The van der Waals surface area contributed by atoms with Crippen LogP contribution >= 0.6 is 0 Å². The van der Waals surface area contributed by atoms with Gasteiger partial charge in [-0.05, 0) is 43.5 Å². The lowest BCUT2D eigenvalue weighted by Crippen LogP contribution is -2.49. The first-order valence-corrected chi connectivity index (χ1v) is 8.95. The predicted octanol–water partition coefficient (Wildman–Crippen LogP) is 3.02. The fourth-order valence-corrected chi connectivity index (χ4v) is 3.27. The van der Waals surface area contributed by atoms with Crippen molar-refractivity contribution in [2.75, 3.05) is 13.1 Å². The van der Waals surface area contributed by atoms with Crippen LogP contribution in [0.2, 0.25) is 0 Å². The van der Waals surface area contributed by atoms with E-state index in [0.29, 0.717) is 24.2 Å². The average Bonchev–Trinajstić information content (AvgIpc) is 2.72. The standard InChI is InChI=1S/C20H21N3O4/c24-19(15-6-2-1-3-7-15)21-14-18-8-4-5-13-22(18)20(25)16-9-11-17(12-10-16)23(26)27/h1-3,6-7,9-12,18H,4-5,8,13-14H2,(H,21,24)/t18-/m0/s1. The van der Waals surface area contributed by atoms with Gasteiger partial charge >= 0.3 is 0 Å². The highest BCUT2D eigenvalue weighted by atomic mass is 16.6. The number of nitrogens with one attached hydrogen (secondary N) is 1. The third kappa shape index (κ3) is 4.49. The van der Waals surface area contributed by atoms with Crippen molar-refractivity contribution in [1.82, 2.24) is 10.2 Å². The number of nitro groups is 1. The van der Waals surface area contributed by atoms with E-state index in [2.05, 4.69) is 5.32 Å². The molecule has 0 aromatic heterocycles. The molecule has 2 aromatic carbocycles. The second-order valence-corrected chi connectivity index (χ2v) is 6.53. The van der Waals surface area contributed by atoms with Gasteiger partial charge in [0.15, 0.2) is 0 Å². The Morgan fingerprint density at radius 2 is 1.74 bits per heavy atom. The number of hydrogen-bond acceptors (Lipinski definition) is 4. The minimum atomic E-state index is -0.489. The van der Waals surface area contributed by atoms with Crippen LogP contribution in [0.4, 0.5) is 5.69 Å². The summed E-state index contributed by atoms with van der Waals surface area (Å²) in [6.07, 6.45) is 2.71. The SMILES string of the molecule is O=C(NC[C@@H]1CCCCN1C(=O)c1ccc([N+](=O)[O-])cc1)c1ccccc1. The van der Waals surface area contributed by atoms with Gasteiger partial charge in [-0.3, -0.25) is 19.7 Å². The van der Waals surface area contributed by atoms with E-state index in [0.717, 1.165) is 19.3 Å². The van der Waals surface area contributed by atoms with Crippen LogP contribution in [0.15, 0.2) is 54.6 Å². The summed E-state index contributed by atoms with van der Waals surface area (Å²) < 4.78 is 0. The highest BCUT2D eigenvalue weighted by Gasteiger charge is 2.28. The molecule has 1 N–H and O–H groups in total. The largest absolute Gasteiger partial charge is 0.350 e. The second kappa shape index (κ2) is 8.44. The summed E-state index contributed by atoms with van der Waals surface area (Å²) >= 11 is 0. The number of nitro benzene ring substituents is 1. The van der Waals surface area contributed by atoms with Crippen LogP contribution in [-0.2, 0) is 0 Å². The van der Waals surface area contributed by atoms with Crippen molar-refractivity contribution in [2.45, 2.75) is 25.3 Å². The van der Waals surface area contributed by atoms with Crippen LogP contribution < -0.4 is 5.32 Å². The number of nitrogens with zero attached hydrogens (tertiary/aromatic N) is 2. The molecule has 1 saturated heterocycles. The van der Waals surface area contributed by atoms with Gasteiger partial charge in [0.1, 0.15) is 0 Å². The van der Waals surface area contributed by atoms with Crippen molar-refractivity contribution < 1.29 is 14.5 Å². The number of piperidine rings is 1. The van der Waals surface area contributed by atoms with E-state index in [9.17, 15) is 19.7 Å². The zero-order valence-corrected chi connectivity index (χ0v) is 14.8. The average molecular weight is 367 g/mol. The summed E-state index contributed by atoms with van der Waals surface area (Å²) in [5, 5.41) is 13.7. The minimum Gasteiger partial charge on any atom is -0.350 e. The predicted molar refractivity (Wildman–Crippen MR) is 101 cm³/mol. The van der Waals surface area contributed by atoms with E-state index in [-0.39, 0.29) is 23.5 Å². The third-order valence-corrected chi connectivity index (χ3v) is 4.75. The first kappa shape index (κ1) is 18.6. The van der Waals surface area contributed by atoms with Crippen molar-refractivity contribution in [1.29, 1.82) is 0 Å². The molecule has 1 aliphatic rings. The molecule has 140 valence electrons. The number of carbonyl (C=O) groups is 2.